The fraction of sp³-hybridized carbons (Fsp3) is 0.263. The number of hydrogen-bond acceptors (Lipinski definition) is 5. The van der Waals surface area contributed by atoms with E-state index in [-0.39, 0.29) is 5.91 Å². The van der Waals surface area contributed by atoms with E-state index >= 15 is 0 Å². The highest BCUT2D eigenvalue weighted by molar-refractivity contribution is 7.93. The maximum atomic E-state index is 12.6. The van der Waals surface area contributed by atoms with Crippen LogP contribution in [0.15, 0.2) is 35.8 Å². The summed E-state index contributed by atoms with van der Waals surface area (Å²) in [6.07, 6.45) is 0. The quantitative estimate of drug-likeness (QED) is 0.664. The van der Waals surface area contributed by atoms with Crippen LogP contribution in [0.25, 0.3) is 10.2 Å². The number of anilines is 2. The standard InChI is InChI=1S/C19H21N3O3S2/c1-11(2)27(24,25)22-15-7-5-14(6-8-15)19(23)21-16-9-12(3)17-18(13(16)4)26-10-20-17/h5-11,22H,1-4H3,(H,21,23). The third-order valence-corrected chi connectivity index (χ3v) is 7.03. The first-order valence-corrected chi connectivity index (χ1v) is 10.9. The number of aromatic nitrogens is 1. The number of thiazole rings is 1. The van der Waals surface area contributed by atoms with Crippen molar-refractivity contribution in [1.82, 2.24) is 4.98 Å². The van der Waals surface area contributed by atoms with Gasteiger partial charge in [0.05, 0.1) is 21.0 Å². The Hall–Kier alpha value is -2.45. The number of hydrogen-bond donors (Lipinski definition) is 2. The average molecular weight is 404 g/mol. The minimum atomic E-state index is -3.41. The smallest absolute Gasteiger partial charge is 0.255 e. The topological polar surface area (TPSA) is 88.2 Å². The average Bonchev–Trinajstić information content (AvgIpc) is 3.10. The molecule has 27 heavy (non-hydrogen) atoms. The molecular formula is C19H21N3O3S2. The molecule has 0 atom stereocenters. The van der Waals surface area contributed by atoms with Gasteiger partial charge in [0.2, 0.25) is 10.0 Å². The summed E-state index contributed by atoms with van der Waals surface area (Å²) in [6.45, 7) is 7.13. The van der Waals surface area contributed by atoms with Crippen molar-refractivity contribution in [2.45, 2.75) is 32.9 Å². The van der Waals surface area contributed by atoms with Gasteiger partial charge >= 0.3 is 0 Å². The van der Waals surface area contributed by atoms with Crippen molar-refractivity contribution in [3.63, 3.8) is 0 Å². The van der Waals surface area contributed by atoms with E-state index in [4.69, 9.17) is 0 Å². The summed E-state index contributed by atoms with van der Waals surface area (Å²) in [5, 5.41) is 2.40. The lowest BCUT2D eigenvalue weighted by Gasteiger charge is -2.12. The van der Waals surface area contributed by atoms with Gasteiger partial charge in [0.1, 0.15) is 0 Å². The van der Waals surface area contributed by atoms with Crippen LogP contribution in [0.2, 0.25) is 0 Å². The molecule has 0 saturated carbocycles. The van der Waals surface area contributed by atoms with E-state index in [1.54, 1.807) is 55.0 Å². The SMILES string of the molecule is Cc1cc(NC(=O)c2ccc(NS(=O)(=O)C(C)C)cc2)c(C)c2scnc12. The molecule has 0 aliphatic heterocycles. The first-order chi connectivity index (χ1) is 12.7. The summed E-state index contributed by atoms with van der Waals surface area (Å²) in [5.74, 6) is -0.250. The number of benzene rings is 2. The lowest BCUT2D eigenvalue weighted by molar-refractivity contribution is 0.102. The molecule has 0 fully saturated rings. The Morgan fingerprint density at radius 2 is 1.81 bits per heavy atom. The Morgan fingerprint density at radius 1 is 1.15 bits per heavy atom. The molecule has 1 amide bonds. The highest BCUT2D eigenvalue weighted by Crippen LogP contribution is 2.31. The summed E-state index contributed by atoms with van der Waals surface area (Å²) >= 11 is 1.55. The monoisotopic (exact) mass is 403 g/mol. The fourth-order valence-electron chi connectivity index (χ4n) is 2.60. The van der Waals surface area contributed by atoms with E-state index in [0.29, 0.717) is 11.3 Å². The second-order valence-electron chi connectivity index (χ2n) is 6.62. The first-order valence-electron chi connectivity index (χ1n) is 8.45. The van der Waals surface area contributed by atoms with Gasteiger partial charge in [0.15, 0.2) is 0 Å². The number of amides is 1. The van der Waals surface area contributed by atoms with Crippen LogP contribution in [0.5, 0.6) is 0 Å². The van der Waals surface area contributed by atoms with Crippen molar-refractivity contribution in [3.8, 4) is 0 Å². The zero-order valence-electron chi connectivity index (χ0n) is 15.5. The van der Waals surface area contributed by atoms with Crippen molar-refractivity contribution in [2.75, 3.05) is 10.0 Å². The van der Waals surface area contributed by atoms with Crippen LogP contribution in [-0.4, -0.2) is 24.6 Å². The van der Waals surface area contributed by atoms with Crippen molar-refractivity contribution >= 4 is 48.9 Å². The highest BCUT2D eigenvalue weighted by atomic mass is 32.2. The predicted octanol–water partition coefficient (Wildman–Crippen LogP) is 4.32. The third kappa shape index (κ3) is 3.96. The van der Waals surface area contributed by atoms with Gasteiger partial charge in [0.25, 0.3) is 5.91 Å². The minimum absolute atomic E-state index is 0.250. The van der Waals surface area contributed by atoms with Gasteiger partial charge in [0, 0.05) is 16.9 Å². The number of nitrogens with one attached hydrogen (secondary N) is 2. The Balaban J connectivity index is 1.80. The molecule has 8 heteroatoms. The summed E-state index contributed by atoms with van der Waals surface area (Å²) in [5.41, 5.74) is 6.37. The number of aryl methyl sites for hydroxylation is 2. The molecule has 0 saturated heterocycles. The Labute approximate surface area is 162 Å². The number of nitrogens with zero attached hydrogens (tertiary/aromatic N) is 1. The number of sulfonamides is 1. The molecule has 1 heterocycles. The van der Waals surface area contributed by atoms with Crippen LogP contribution in [0.4, 0.5) is 11.4 Å². The molecule has 3 rings (SSSR count). The summed E-state index contributed by atoms with van der Waals surface area (Å²) in [7, 11) is -3.41. The Morgan fingerprint density at radius 3 is 2.44 bits per heavy atom. The number of carbonyl (C=O) groups is 1. The lowest BCUT2D eigenvalue weighted by atomic mass is 10.1. The van der Waals surface area contributed by atoms with Crippen molar-refractivity contribution in [1.29, 1.82) is 0 Å². The van der Waals surface area contributed by atoms with Gasteiger partial charge in [-0.15, -0.1) is 11.3 Å². The van der Waals surface area contributed by atoms with Crippen LogP contribution >= 0.6 is 11.3 Å². The second-order valence-corrected chi connectivity index (χ2v) is 9.72. The molecule has 0 unspecified atom stereocenters. The van der Waals surface area contributed by atoms with Crippen molar-refractivity contribution in [3.05, 3.63) is 52.5 Å². The molecule has 0 radical (unpaired) electrons. The molecule has 142 valence electrons. The maximum Gasteiger partial charge on any atom is 0.255 e. The zero-order valence-corrected chi connectivity index (χ0v) is 17.2. The lowest BCUT2D eigenvalue weighted by Crippen LogP contribution is -2.22. The molecule has 6 nitrogen and oxygen atoms in total. The van der Waals surface area contributed by atoms with Crippen LogP contribution in [0, 0.1) is 13.8 Å². The van der Waals surface area contributed by atoms with Crippen molar-refractivity contribution in [2.24, 2.45) is 0 Å². The molecule has 0 aliphatic carbocycles. The number of carbonyl (C=O) groups excluding carboxylic acids is 1. The van der Waals surface area contributed by atoms with E-state index in [1.165, 1.54) is 0 Å². The second kappa shape index (κ2) is 7.28. The molecule has 2 aromatic carbocycles. The Bertz CT molecular complexity index is 1100. The highest BCUT2D eigenvalue weighted by Gasteiger charge is 2.16. The van der Waals surface area contributed by atoms with Gasteiger partial charge in [-0.1, -0.05) is 0 Å². The molecule has 1 aromatic heterocycles. The molecule has 0 spiro atoms. The normalized spacial score (nSPS) is 11.7. The van der Waals surface area contributed by atoms with E-state index in [2.05, 4.69) is 15.0 Å². The number of fused-ring (bicyclic) bond motifs is 1. The van der Waals surface area contributed by atoms with Gasteiger partial charge in [-0.05, 0) is 69.2 Å². The van der Waals surface area contributed by atoms with Crippen LogP contribution in [-0.2, 0) is 10.0 Å². The molecule has 0 aliphatic rings. The molecule has 3 aromatic rings. The molecular weight excluding hydrogens is 382 g/mol. The fourth-order valence-corrected chi connectivity index (χ4v) is 4.18. The van der Waals surface area contributed by atoms with Gasteiger partial charge in [-0.3, -0.25) is 9.52 Å². The zero-order chi connectivity index (χ0) is 19.8. The van der Waals surface area contributed by atoms with Gasteiger partial charge < -0.3 is 5.32 Å². The van der Waals surface area contributed by atoms with Crippen molar-refractivity contribution < 1.29 is 13.2 Å². The van der Waals surface area contributed by atoms with E-state index in [0.717, 1.165) is 27.0 Å². The summed E-state index contributed by atoms with van der Waals surface area (Å²) < 4.78 is 27.4. The van der Waals surface area contributed by atoms with Gasteiger partial charge in [-0.2, -0.15) is 0 Å². The predicted molar refractivity (Wildman–Crippen MR) is 111 cm³/mol. The summed E-state index contributed by atoms with van der Waals surface area (Å²) in [6, 6.07) is 8.28. The van der Waals surface area contributed by atoms with E-state index in [1.807, 2.05) is 19.9 Å². The minimum Gasteiger partial charge on any atom is -0.322 e. The number of rotatable bonds is 5. The third-order valence-electron chi connectivity index (χ3n) is 4.32. The van der Waals surface area contributed by atoms with Crippen LogP contribution in [0.3, 0.4) is 0 Å². The molecule has 2 N–H and O–H groups in total. The first kappa shape index (κ1) is 19.3. The van der Waals surface area contributed by atoms with E-state index < -0.39 is 15.3 Å². The summed E-state index contributed by atoms with van der Waals surface area (Å²) in [4.78, 5) is 17.0. The van der Waals surface area contributed by atoms with Crippen LogP contribution < -0.4 is 10.0 Å². The Kier molecular flexibility index (Phi) is 5.21. The largest absolute Gasteiger partial charge is 0.322 e. The molecule has 0 bridgehead atoms. The van der Waals surface area contributed by atoms with Crippen LogP contribution in [0.1, 0.15) is 35.3 Å². The van der Waals surface area contributed by atoms with E-state index in [9.17, 15) is 13.2 Å². The van der Waals surface area contributed by atoms with Gasteiger partial charge in [-0.25, -0.2) is 13.4 Å². The maximum absolute atomic E-state index is 12.6.